The largest absolute Gasteiger partial charge is 0.435 e. The minimum absolute atomic E-state index is 0.138. The van der Waals surface area contributed by atoms with E-state index < -0.39 is 33.1 Å². The molecule has 0 radical (unpaired) electrons. The summed E-state index contributed by atoms with van der Waals surface area (Å²) in [5.41, 5.74) is -0.661. The number of nitrogens with two attached hydrogens (primary N) is 1. The maximum absolute atomic E-state index is 13.1. The third kappa shape index (κ3) is 6.30. The van der Waals surface area contributed by atoms with Gasteiger partial charge in [-0.15, -0.1) is 4.79 Å². The number of halogens is 4. The Morgan fingerprint density at radius 2 is 1.57 bits per heavy atom. The van der Waals surface area contributed by atoms with Gasteiger partial charge in [-0.3, -0.25) is 9.78 Å². The van der Waals surface area contributed by atoms with Crippen LogP contribution in [-0.4, -0.2) is 28.0 Å². The highest BCUT2D eigenvalue weighted by molar-refractivity contribution is 7.89. The van der Waals surface area contributed by atoms with Crippen LogP contribution in [-0.2, 0) is 16.2 Å². The number of primary sulfonamides is 1. The van der Waals surface area contributed by atoms with Crippen molar-refractivity contribution in [3.8, 4) is 16.9 Å². The minimum atomic E-state index is -4.61. The average Bonchev–Trinajstić information content (AvgIpc) is 3.23. The molecule has 2 aromatic heterocycles. The standard InChI is InChI=1S/C17H14F3N3O2S.C4H3FN2O2/c1-11-2-4-12(5-3-11)15-10-16(17(18,19)20)22-23(15)13-6-8-14(9-7-13)26(21,24)25;5-7-2-1-3(8)6-4(7)9/h2-10H,1H3,(H2,21,24,25);1-2H,(H,6,8,9). The Morgan fingerprint density at radius 1 is 0.971 bits per heavy atom. The summed E-state index contributed by atoms with van der Waals surface area (Å²) in [4.78, 5) is 21.7. The van der Waals surface area contributed by atoms with E-state index in [4.69, 9.17) is 5.14 Å². The number of aromatic nitrogens is 4. The van der Waals surface area contributed by atoms with Gasteiger partial charge >= 0.3 is 11.9 Å². The fourth-order valence-corrected chi connectivity index (χ4v) is 3.34. The molecule has 2 aromatic carbocycles. The number of rotatable bonds is 3. The Hall–Kier alpha value is -4.04. The van der Waals surface area contributed by atoms with Crippen LogP contribution in [0.4, 0.5) is 17.7 Å². The van der Waals surface area contributed by atoms with E-state index in [2.05, 4.69) is 5.10 Å². The van der Waals surface area contributed by atoms with Crippen LogP contribution in [0.2, 0.25) is 0 Å². The summed E-state index contributed by atoms with van der Waals surface area (Å²) in [6.45, 7) is 1.87. The zero-order valence-corrected chi connectivity index (χ0v) is 18.6. The lowest BCUT2D eigenvalue weighted by molar-refractivity contribution is -0.141. The molecule has 0 amide bonds. The molecule has 4 rings (SSSR count). The van der Waals surface area contributed by atoms with E-state index in [9.17, 15) is 35.7 Å². The number of aromatic amines is 1. The molecule has 0 saturated carbocycles. The third-order valence-corrected chi connectivity index (χ3v) is 5.47. The first-order valence-corrected chi connectivity index (χ1v) is 11.2. The molecule has 0 saturated heterocycles. The summed E-state index contributed by atoms with van der Waals surface area (Å²) in [6.07, 6.45) is -3.85. The zero-order valence-electron chi connectivity index (χ0n) is 17.8. The van der Waals surface area contributed by atoms with E-state index in [0.717, 1.165) is 28.6 Å². The van der Waals surface area contributed by atoms with Crippen molar-refractivity contribution >= 4 is 10.0 Å². The van der Waals surface area contributed by atoms with Crippen molar-refractivity contribution in [2.24, 2.45) is 5.14 Å². The second kappa shape index (κ2) is 9.68. The van der Waals surface area contributed by atoms with Crippen LogP contribution in [0.5, 0.6) is 0 Å². The smallest absolute Gasteiger partial charge is 0.272 e. The van der Waals surface area contributed by atoms with E-state index in [1.807, 2.05) is 6.92 Å². The molecular weight excluding hydrogens is 494 g/mol. The molecule has 0 fully saturated rings. The Morgan fingerprint density at radius 3 is 2.06 bits per heavy atom. The second-order valence-electron chi connectivity index (χ2n) is 7.15. The molecule has 0 atom stereocenters. The van der Waals surface area contributed by atoms with Gasteiger partial charge in [-0.1, -0.05) is 34.3 Å². The number of hydrogen-bond donors (Lipinski definition) is 2. The second-order valence-corrected chi connectivity index (χ2v) is 8.71. The normalized spacial score (nSPS) is 11.6. The average molecular weight is 511 g/mol. The van der Waals surface area contributed by atoms with Gasteiger partial charge in [0.05, 0.1) is 16.3 Å². The van der Waals surface area contributed by atoms with Gasteiger partial charge in [0.2, 0.25) is 10.0 Å². The first kappa shape index (κ1) is 25.6. The number of aryl methyl sites for hydroxylation is 1. The molecule has 0 aliphatic rings. The summed E-state index contributed by atoms with van der Waals surface area (Å²) < 4.78 is 75.1. The number of nitrogens with zero attached hydrogens (tertiary/aromatic N) is 3. The van der Waals surface area contributed by atoms with Gasteiger partial charge in [-0.2, -0.15) is 18.3 Å². The molecule has 9 nitrogen and oxygen atoms in total. The molecule has 184 valence electrons. The molecule has 4 aromatic rings. The molecule has 0 aliphatic heterocycles. The number of sulfonamides is 1. The van der Waals surface area contributed by atoms with E-state index in [0.29, 0.717) is 5.56 Å². The van der Waals surface area contributed by atoms with Crippen molar-refractivity contribution in [2.75, 3.05) is 0 Å². The van der Waals surface area contributed by atoms with Gasteiger partial charge in [0.25, 0.3) is 5.56 Å². The summed E-state index contributed by atoms with van der Waals surface area (Å²) in [5.74, 6) is 0. The third-order valence-electron chi connectivity index (χ3n) is 4.54. The van der Waals surface area contributed by atoms with E-state index in [1.165, 1.54) is 24.3 Å². The molecule has 35 heavy (non-hydrogen) atoms. The van der Waals surface area contributed by atoms with Crippen LogP contribution >= 0.6 is 0 Å². The SMILES string of the molecule is Cc1ccc(-c2cc(C(F)(F)F)nn2-c2ccc(S(N)(=O)=O)cc2)cc1.O=c1ccn(F)c(=O)[nH]1. The van der Waals surface area contributed by atoms with Crippen LogP contribution in [0, 0.1) is 6.92 Å². The van der Waals surface area contributed by atoms with Crippen LogP contribution in [0.3, 0.4) is 0 Å². The summed E-state index contributed by atoms with van der Waals surface area (Å²) in [5, 5.41) is 8.70. The Balaban J connectivity index is 0.000000320. The van der Waals surface area contributed by atoms with E-state index in [-0.39, 0.29) is 21.1 Å². The molecule has 0 spiro atoms. The van der Waals surface area contributed by atoms with Crippen molar-refractivity contribution in [1.29, 1.82) is 0 Å². The molecule has 0 unspecified atom stereocenters. The number of hydrogen-bond acceptors (Lipinski definition) is 5. The first-order chi connectivity index (χ1) is 16.3. The van der Waals surface area contributed by atoms with Crippen LogP contribution in [0.15, 0.2) is 81.3 Å². The number of alkyl halides is 3. The minimum Gasteiger partial charge on any atom is -0.272 e. The predicted octanol–water partition coefficient (Wildman–Crippen LogP) is 2.78. The molecule has 2 heterocycles. The predicted molar refractivity (Wildman–Crippen MR) is 118 cm³/mol. The van der Waals surface area contributed by atoms with Gasteiger partial charge in [0.1, 0.15) is 0 Å². The molecule has 3 N–H and O–H groups in total. The summed E-state index contributed by atoms with van der Waals surface area (Å²) >= 11 is 0. The quantitative estimate of drug-likeness (QED) is 0.408. The maximum Gasteiger partial charge on any atom is 0.435 e. The Bertz CT molecular complexity index is 1560. The Labute approximate surface area is 195 Å². The summed E-state index contributed by atoms with van der Waals surface area (Å²) in [7, 11) is -3.90. The number of benzene rings is 2. The molecular formula is C21H17F4N5O4S. The zero-order chi connectivity index (χ0) is 26.0. The van der Waals surface area contributed by atoms with Gasteiger partial charge in [-0.05, 0) is 37.3 Å². The van der Waals surface area contributed by atoms with Gasteiger partial charge in [-0.25, -0.2) is 23.0 Å². The lowest BCUT2D eigenvalue weighted by atomic mass is 10.1. The van der Waals surface area contributed by atoms with Crippen molar-refractivity contribution in [3.05, 3.63) is 99.0 Å². The molecule has 0 bridgehead atoms. The number of H-pyrrole nitrogens is 1. The van der Waals surface area contributed by atoms with Crippen LogP contribution < -0.4 is 16.4 Å². The van der Waals surface area contributed by atoms with Crippen molar-refractivity contribution in [2.45, 2.75) is 18.0 Å². The van der Waals surface area contributed by atoms with Gasteiger partial charge in [0, 0.05) is 17.8 Å². The first-order valence-electron chi connectivity index (χ1n) is 9.61. The highest BCUT2D eigenvalue weighted by Crippen LogP contribution is 2.33. The van der Waals surface area contributed by atoms with Crippen molar-refractivity contribution < 1.29 is 26.1 Å². The highest BCUT2D eigenvalue weighted by Gasteiger charge is 2.35. The van der Waals surface area contributed by atoms with Crippen LogP contribution in [0.1, 0.15) is 11.3 Å². The van der Waals surface area contributed by atoms with E-state index >= 15 is 0 Å². The highest BCUT2D eigenvalue weighted by atomic mass is 32.2. The van der Waals surface area contributed by atoms with Crippen molar-refractivity contribution in [3.63, 3.8) is 0 Å². The van der Waals surface area contributed by atoms with Crippen LogP contribution in [0.25, 0.3) is 16.9 Å². The van der Waals surface area contributed by atoms with Gasteiger partial charge < -0.3 is 0 Å². The number of nitrogens with one attached hydrogen (secondary N) is 1. The fraction of sp³-hybridized carbons (Fsp3) is 0.0952. The maximum atomic E-state index is 13.1. The summed E-state index contributed by atoms with van der Waals surface area (Å²) in [6, 6.07) is 14.0. The van der Waals surface area contributed by atoms with E-state index in [1.54, 1.807) is 29.2 Å². The Kier molecular flexibility index (Phi) is 7.07. The molecule has 14 heteroatoms. The van der Waals surface area contributed by atoms with Crippen molar-refractivity contribution in [1.82, 2.24) is 19.6 Å². The van der Waals surface area contributed by atoms with Gasteiger partial charge in [0.15, 0.2) is 5.69 Å². The fourth-order valence-electron chi connectivity index (χ4n) is 2.82. The monoisotopic (exact) mass is 511 g/mol. The lowest BCUT2D eigenvalue weighted by Gasteiger charge is -2.09. The lowest BCUT2D eigenvalue weighted by Crippen LogP contribution is -2.24. The topological polar surface area (TPSA) is 133 Å². The molecule has 0 aliphatic carbocycles.